The summed E-state index contributed by atoms with van der Waals surface area (Å²) in [5, 5.41) is 11.9. The third-order valence-corrected chi connectivity index (χ3v) is 3.92. The average Bonchev–Trinajstić information content (AvgIpc) is 2.38. The van der Waals surface area contributed by atoms with Crippen molar-refractivity contribution < 1.29 is 19.4 Å². The number of methoxy groups -OCH3 is 1. The Morgan fingerprint density at radius 1 is 1.32 bits per heavy atom. The van der Waals surface area contributed by atoms with Crippen LogP contribution in [0.4, 0.5) is 0 Å². The topological polar surface area (TPSA) is 75.6 Å². The van der Waals surface area contributed by atoms with E-state index in [1.54, 1.807) is 7.11 Å². The first-order valence-corrected chi connectivity index (χ1v) is 6.99. The summed E-state index contributed by atoms with van der Waals surface area (Å²) in [7, 11) is 1.64. The molecule has 110 valence electrons. The fourth-order valence-electron chi connectivity index (χ4n) is 2.59. The molecule has 3 atom stereocenters. The monoisotopic (exact) mass is 271 g/mol. The van der Waals surface area contributed by atoms with Crippen LogP contribution in [0.15, 0.2) is 0 Å². The van der Waals surface area contributed by atoms with Crippen LogP contribution in [0.2, 0.25) is 0 Å². The molecule has 1 fully saturated rings. The lowest BCUT2D eigenvalue weighted by Gasteiger charge is -2.27. The van der Waals surface area contributed by atoms with Gasteiger partial charge in [0.25, 0.3) is 0 Å². The minimum atomic E-state index is -0.783. The Hall–Kier alpha value is -1.10. The summed E-state index contributed by atoms with van der Waals surface area (Å²) in [6, 6.07) is 0. The molecule has 1 rings (SSSR count). The molecule has 5 nitrogen and oxygen atoms in total. The van der Waals surface area contributed by atoms with E-state index in [1.807, 2.05) is 13.8 Å². The van der Waals surface area contributed by atoms with Crippen molar-refractivity contribution in [1.29, 1.82) is 0 Å². The van der Waals surface area contributed by atoms with Crippen molar-refractivity contribution in [2.45, 2.75) is 45.6 Å². The molecule has 1 aliphatic rings. The van der Waals surface area contributed by atoms with Crippen LogP contribution in [-0.2, 0) is 14.3 Å². The van der Waals surface area contributed by atoms with Gasteiger partial charge >= 0.3 is 5.97 Å². The van der Waals surface area contributed by atoms with Gasteiger partial charge in [0, 0.05) is 19.6 Å². The van der Waals surface area contributed by atoms with Crippen LogP contribution in [0, 0.1) is 17.8 Å². The normalized spacial score (nSPS) is 25.1. The molecule has 0 spiro atoms. The van der Waals surface area contributed by atoms with Gasteiger partial charge in [0.15, 0.2) is 0 Å². The van der Waals surface area contributed by atoms with Gasteiger partial charge in [-0.2, -0.15) is 0 Å². The molecule has 2 N–H and O–H groups in total. The molecule has 0 radical (unpaired) electrons. The second-order valence-electron chi connectivity index (χ2n) is 5.66. The van der Waals surface area contributed by atoms with E-state index in [-0.39, 0.29) is 23.8 Å². The van der Waals surface area contributed by atoms with Gasteiger partial charge in [0.2, 0.25) is 5.91 Å². The van der Waals surface area contributed by atoms with Crippen molar-refractivity contribution in [3.05, 3.63) is 0 Å². The molecule has 0 aromatic carbocycles. The summed E-state index contributed by atoms with van der Waals surface area (Å²) in [6.07, 6.45) is 2.75. The Balaban J connectivity index is 2.42. The highest BCUT2D eigenvalue weighted by molar-refractivity contribution is 5.80. The van der Waals surface area contributed by atoms with Crippen molar-refractivity contribution in [3.63, 3.8) is 0 Å². The van der Waals surface area contributed by atoms with Crippen LogP contribution in [0.3, 0.4) is 0 Å². The molecule has 0 aromatic rings. The van der Waals surface area contributed by atoms with Gasteiger partial charge in [0.1, 0.15) is 0 Å². The molecule has 0 aliphatic heterocycles. The van der Waals surface area contributed by atoms with E-state index in [9.17, 15) is 9.59 Å². The first-order valence-electron chi connectivity index (χ1n) is 6.99. The second-order valence-corrected chi connectivity index (χ2v) is 5.66. The molecule has 3 unspecified atom stereocenters. The fourth-order valence-corrected chi connectivity index (χ4v) is 2.59. The lowest BCUT2D eigenvalue weighted by molar-refractivity contribution is -0.144. The molecule has 1 aliphatic carbocycles. The summed E-state index contributed by atoms with van der Waals surface area (Å²) in [4.78, 5) is 23.0. The van der Waals surface area contributed by atoms with Gasteiger partial charge in [-0.1, -0.05) is 20.3 Å². The number of carbonyl (C=O) groups excluding carboxylic acids is 1. The largest absolute Gasteiger partial charge is 0.481 e. The van der Waals surface area contributed by atoms with E-state index >= 15 is 0 Å². The molecule has 0 bridgehead atoms. The first-order chi connectivity index (χ1) is 8.95. The van der Waals surface area contributed by atoms with Crippen LogP contribution in [0.25, 0.3) is 0 Å². The second kappa shape index (κ2) is 7.48. The molecule has 0 saturated heterocycles. The van der Waals surface area contributed by atoms with Gasteiger partial charge in [-0.15, -0.1) is 0 Å². The maximum Gasteiger partial charge on any atom is 0.306 e. The van der Waals surface area contributed by atoms with Crippen molar-refractivity contribution in [2.75, 3.05) is 13.7 Å². The van der Waals surface area contributed by atoms with Crippen molar-refractivity contribution in [3.8, 4) is 0 Å². The molecule has 5 heteroatoms. The number of aliphatic carboxylic acids is 1. The summed E-state index contributed by atoms with van der Waals surface area (Å²) >= 11 is 0. The maximum absolute atomic E-state index is 12.0. The van der Waals surface area contributed by atoms with Gasteiger partial charge in [-0.25, -0.2) is 0 Å². The Morgan fingerprint density at radius 3 is 2.47 bits per heavy atom. The summed E-state index contributed by atoms with van der Waals surface area (Å²) in [6.45, 7) is 4.57. The standard InChI is InChI=1S/C14H25NO4/c1-9(2)12(19-3)8-15-13(16)10-5-4-6-11(7-10)14(17)18/h9-12H,4-8H2,1-3H3,(H,15,16)(H,17,18). The maximum atomic E-state index is 12.0. The van der Waals surface area contributed by atoms with Crippen molar-refractivity contribution in [2.24, 2.45) is 17.8 Å². The van der Waals surface area contributed by atoms with Crippen LogP contribution in [0.1, 0.15) is 39.5 Å². The molecule has 1 amide bonds. The highest BCUT2D eigenvalue weighted by atomic mass is 16.5. The number of hydrogen-bond donors (Lipinski definition) is 2. The number of ether oxygens (including phenoxy) is 1. The number of rotatable bonds is 6. The van der Waals surface area contributed by atoms with E-state index in [0.717, 1.165) is 12.8 Å². The Kier molecular flexibility index (Phi) is 6.28. The van der Waals surface area contributed by atoms with Gasteiger partial charge in [0.05, 0.1) is 12.0 Å². The van der Waals surface area contributed by atoms with E-state index < -0.39 is 5.97 Å². The van der Waals surface area contributed by atoms with Gasteiger partial charge < -0.3 is 15.2 Å². The quantitative estimate of drug-likeness (QED) is 0.770. The number of carboxylic acids is 1. The third kappa shape index (κ3) is 4.82. The average molecular weight is 271 g/mol. The van der Waals surface area contributed by atoms with E-state index in [2.05, 4.69) is 5.32 Å². The highest BCUT2D eigenvalue weighted by Crippen LogP contribution is 2.29. The zero-order valence-corrected chi connectivity index (χ0v) is 12.0. The molecule has 1 saturated carbocycles. The molecular formula is C14H25NO4. The Morgan fingerprint density at radius 2 is 1.95 bits per heavy atom. The molecule has 0 aromatic heterocycles. The minimum absolute atomic E-state index is 0.00260. The molecule has 19 heavy (non-hydrogen) atoms. The number of nitrogens with one attached hydrogen (secondary N) is 1. The zero-order valence-electron chi connectivity index (χ0n) is 12.0. The van der Waals surface area contributed by atoms with Crippen LogP contribution < -0.4 is 5.32 Å². The number of hydrogen-bond acceptors (Lipinski definition) is 3. The summed E-state index contributed by atoms with van der Waals surface area (Å²) < 4.78 is 5.30. The van der Waals surface area contributed by atoms with Crippen LogP contribution >= 0.6 is 0 Å². The Bertz CT molecular complexity index is 317. The van der Waals surface area contributed by atoms with Gasteiger partial charge in [-0.05, 0) is 25.2 Å². The van der Waals surface area contributed by atoms with Crippen LogP contribution in [0.5, 0.6) is 0 Å². The zero-order chi connectivity index (χ0) is 14.4. The smallest absolute Gasteiger partial charge is 0.306 e. The minimum Gasteiger partial charge on any atom is -0.481 e. The number of carboxylic acid groups (broad SMARTS) is 1. The van der Waals surface area contributed by atoms with Gasteiger partial charge in [-0.3, -0.25) is 9.59 Å². The number of amides is 1. The fraction of sp³-hybridized carbons (Fsp3) is 0.857. The number of carbonyl (C=O) groups is 2. The lowest BCUT2D eigenvalue weighted by Crippen LogP contribution is -2.40. The summed E-state index contributed by atoms with van der Waals surface area (Å²) in [5.41, 5.74) is 0. The van der Waals surface area contributed by atoms with E-state index in [0.29, 0.717) is 25.3 Å². The first kappa shape index (κ1) is 16.0. The highest BCUT2D eigenvalue weighted by Gasteiger charge is 2.31. The molecule has 0 heterocycles. The van der Waals surface area contributed by atoms with Crippen molar-refractivity contribution in [1.82, 2.24) is 5.32 Å². The predicted octanol–water partition coefficient (Wildman–Crippen LogP) is 1.66. The SMILES string of the molecule is COC(CNC(=O)C1CCCC(C(=O)O)C1)C(C)C. The lowest BCUT2D eigenvalue weighted by atomic mass is 9.81. The van der Waals surface area contributed by atoms with E-state index in [4.69, 9.17) is 9.84 Å². The Labute approximate surface area is 114 Å². The molecular weight excluding hydrogens is 246 g/mol. The van der Waals surface area contributed by atoms with Crippen molar-refractivity contribution >= 4 is 11.9 Å². The third-order valence-electron chi connectivity index (χ3n) is 3.92. The summed E-state index contributed by atoms with van der Waals surface area (Å²) in [5.74, 6) is -1.01. The van der Waals surface area contributed by atoms with E-state index in [1.165, 1.54) is 0 Å². The predicted molar refractivity (Wildman–Crippen MR) is 71.7 cm³/mol. The van der Waals surface area contributed by atoms with Crippen LogP contribution in [-0.4, -0.2) is 36.7 Å².